The summed E-state index contributed by atoms with van der Waals surface area (Å²) in [6, 6.07) is 0. The number of amides is 1. The topological polar surface area (TPSA) is 29.1 Å². The van der Waals surface area contributed by atoms with Crippen molar-refractivity contribution in [2.75, 3.05) is 6.54 Å². The lowest BCUT2D eigenvalue weighted by molar-refractivity contribution is -0.120. The molecule has 0 aromatic heterocycles. The summed E-state index contributed by atoms with van der Waals surface area (Å²) >= 11 is 0. The van der Waals surface area contributed by atoms with Gasteiger partial charge >= 0.3 is 0 Å². The van der Waals surface area contributed by atoms with Crippen molar-refractivity contribution in [2.45, 2.75) is 26.2 Å². The van der Waals surface area contributed by atoms with Gasteiger partial charge in [0, 0.05) is 6.54 Å². The normalized spacial score (nSPS) is 18.8. The quantitative estimate of drug-likeness (QED) is 0.584. The Hall–Kier alpha value is -0.530. The molecule has 9 heavy (non-hydrogen) atoms. The summed E-state index contributed by atoms with van der Waals surface area (Å²) in [5.74, 6) is 1.25. The molecule has 2 heteroatoms. The van der Waals surface area contributed by atoms with Crippen LogP contribution in [0.1, 0.15) is 26.2 Å². The Bertz CT molecular complexity index is 107. The van der Waals surface area contributed by atoms with Crippen molar-refractivity contribution >= 4 is 5.91 Å². The molecule has 0 aromatic rings. The van der Waals surface area contributed by atoms with Crippen LogP contribution in [0.25, 0.3) is 0 Å². The third-order valence-corrected chi connectivity index (χ3v) is 1.62. The molecule has 51 valence electrons. The maximum absolute atomic E-state index is 10.9. The fraction of sp³-hybridized carbons (Fsp3) is 0.714. The second-order valence-corrected chi connectivity index (χ2v) is 2.32. The lowest BCUT2D eigenvalue weighted by Gasteiger charge is -2.22. The lowest BCUT2D eigenvalue weighted by Crippen LogP contribution is -2.32. The molecule has 0 spiro atoms. The van der Waals surface area contributed by atoms with Crippen molar-refractivity contribution in [2.24, 2.45) is 0 Å². The Balaban J connectivity index is 2.16. The molecule has 0 unspecified atom stereocenters. The number of carbonyl (C=O) groups excluding carboxylic acids is 1. The number of nitrogens with one attached hydrogen (secondary N) is 1. The second kappa shape index (κ2) is 2.85. The molecule has 0 saturated heterocycles. The average molecular weight is 126 g/mol. The average Bonchev–Trinajstić information content (AvgIpc) is 1.60. The molecule has 0 aromatic carbocycles. The van der Waals surface area contributed by atoms with Gasteiger partial charge in [0.25, 0.3) is 0 Å². The molecule has 0 aliphatic heterocycles. The second-order valence-electron chi connectivity index (χ2n) is 2.32. The monoisotopic (exact) mass is 126 g/mol. The highest BCUT2D eigenvalue weighted by Gasteiger charge is 2.24. The van der Waals surface area contributed by atoms with Crippen LogP contribution in [0.15, 0.2) is 0 Å². The molecule has 1 amide bonds. The van der Waals surface area contributed by atoms with Crippen LogP contribution in [0.3, 0.4) is 0 Å². The van der Waals surface area contributed by atoms with E-state index in [-0.39, 0.29) is 5.91 Å². The molecule has 1 saturated carbocycles. The molecular formula is C7H12NO. The first-order valence-electron chi connectivity index (χ1n) is 3.47. The van der Waals surface area contributed by atoms with E-state index in [1.807, 2.05) is 6.92 Å². The van der Waals surface area contributed by atoms with E-state index in [0.29, 0.717) is 0 Å². The largest absolute Gasteiger partial charge is 0.356 e. The third-order valence-electron chi connectivity index (χ3n) is 1.62. The molecule has 1 rings (SSSR count). The maximum atomic E-state index is 10.9. The molecule has 1 aliphatic carbocycles. The summed E-state index contributed by atoms with van der Waals surface area (Å²) in [6.07, 6.45) is 3.24. The summed E-state index contributed by atoms with van der Waals surface area (Å²) in [5, 5.41) is 2.77. The van der Waals surface area contributed by atoms with Gasteiger partial charge in [-0.15, -0.1) is 0 Å². The van der Waals surface area contributed by atoms with Crippen LogP contribution in [0.2, 0.25) is 0 Å². The van der Waals surface area contributed by atoms with Crippen LogP contribution < -0.4 is 5.32 Å². The number of hydrogen-bond donors (Lipinski definition) is 1. The van der Waals surface area contributed by atoms with Gasteiger partial charge in [0.2, 0.25) is 5.91 Å². The van der Waals surface area contributed by atoms with Crippen LogP contribution in [0.4, 0.5) is 0 Å². The van der Waals surface area contributed by atoms with Crippen LogP contribution in [0, 0.1) is 5.92 Å². The van der Waals surface area contributed by atoms with E-state index >= 15 is 0 Å². The molecular weight excluding hydrogens is 114 g/mol. The first-order valence-corrected chi connectivity index (χ1v) is 3.47. The number of hydrogen-bond acceptors (Lipinski definition) is 1. The fourth-order valence-corrected chi connectivity index (χ4v) is 0.866. The molecule has 0 heterocycles. The zero-order valence-corrected chi connectivity index (χ0v) is 5.74. The highest BCUT2D eigenvalue weighted by Crippen LogP contribution is 2.28. The van der Waals surface area contributed by atoms with E-state index < -0.39 is 0 Å². The van der Waals surface area contributed by atoms with Gasteiger partial charge in [0.1, 0.15) is 0 Å². The maximum Gasteiger partial charge on any atom is 0.227 e. The Kier molecular flexibility index (Phi) is 2.09. The van der Waals surface area contributed by atoms with Gasteiger partial charge in [-0.2, -0.15) is 0 Å². The molecule has 1 fully saturated rings. The zero-order chi connectivity index (χ0) is 6.69. The summed E-state index contributed by atoms with van der Waals surface area (Å²) in [7, 11) is 0. The Morgan fingerprint density at radius 2 is 2.33 bits per heavy atom. The van der Waals surface area contributed by atoms with Gasteiger partial charge in [0.15, 0.2) is 0 Å². The summed E-state index contributed by atoms with van der Waals surface area (Å²) in [4.78, 5) is 10.9. The predicted octanol–water partition coefficient (Wildman–Crippen LogP) is 0.881. The first-order chi connectivity index (χ1) is 4.34. The standard InChI is InChI=1S/C7H12NO/c1-2-8-7(9)6-4-3-5-6/h2-5H2,1H3,(H,8,9). The molecule has 1 radical (unpaired) electrons. The van der Waals surface area contributed by atoms with Gasteiger partial charge < -0.3 is 5.32 Å². The lowest BCUT2D eigenvalue weighted by atomic mass is 9.85. The Morgan fingerprint density at radius 1 is 1.67 bits per heavy atom. The van der Waals surface area contributed by atoms with Crippen molar-refractivity contribution in [1.82, 2.24) is 5.32 Å². The third kappa shape index (κ3) is 1.44. The summed E-state index contributed by atoms with van der Waals surface area (Å²) in [6.45, 7) is 2.69. The van der Waals surface area contributed by atoms with Crippen molar-refractivity contribution in [3.8, 4) is 0 Å². The highest BCUT2D eigenvalue weighted by molar-refractivity contribution is 5.90. The zero-order valence-electron chi connectivity index (χ0n) is 5.74. The van der Waals surface area contributed by atoms with E-state index in [0.717, 1.165) is 25.3 Å². The molecule has 2 nitrogen and oxygen atoms in total. The minimum absolute atomic E-state index is 0.170. The van der Waals surface area contributed by atoms with Crippen LogP contribution in [-0.4, -0.2) is 12.5 Å². The number of carbonyl (C=O) groups is 1. The molecule has 1 aliphatic rings. The van der Waals surface area contributed by atoms with E-state index in [1.54, 1.807) is 0 Å². The van der Waals surface area contributed by atoms with E-state index in [9.17, 15) is 4.79 Å². The summed E-state index contributed by atoms with van der Waals surface area (Å²) < 4.78 is 0. The van der Waals surface area contributed by atoms with Gasteiger partial charge in [0.05, 0.1) is 5.92 Å². The van der Waals surface area contributed by atoms with Gasteiger partial charge in [-0.1, -0.05) is 6.42 Å². The fourth-order valence-electron chi connectivity index (χ4n) is 0.866. The van der Waals surface area contributed by atoms with Crippen LogP contribution in [-0.2, 0) is 4.79 Å². The molecule has 0 bridgehead atoms. The smallest absolute Gasteiger partial charge is 0.227 e. The van der Waals surface area contributed by atoms with Gasteiger partial charge in [-0.3, -0.25) is 4.79 Å². The van der Waals surface area contributed by atoms with Gasteiger partial charge in [-0.05, 0) is 19.8 Å². The minimum Gasteiger partial charge on any atom is -0.356 e. The Labute approximate surface area is 55.6 Å². The van der Waals surface area contributed by atoms with Crippen molar-refractivity contribution in [1.29, 1.82) is 0 Å². The summed E-state index contributed by atoms with van der Waals surface area (Å²) in [5.41, 5.74) is 0. The number of rotatable bonds is 2. The van der Waals surface area contributed by atoms with Crippen LogP contribution >= 0.6 is 0 Å². The van der Waals surface area contributed by atoms with Crippen molar-refractivity contribution < 1.29 is 4.79 Å². The van der Waals surface area contributed by atoms with Crippen molar-refractivity contribution in [3.05, 3.63) is 5.92 Å². The first kappa shape index (κ1) is 6.59. The van der Waals surface area contributed by atoms with Gasteiger partial charge in [-0.25, -0.2) is 0 Å². The van der Waals surface area contributed by atoms with Crippen LogP contribution in [0.5, 0.6) is 0 Å². The molecule has 0 atom stereocenters. The predicted molar refractivity (Wildman–Crippen MR) is 35.8 cm³/mol. The molecule has 1 N–H and O–H groups in total. The van der Waals surface area contributed by atoms with Crippen molar-refractivity contribution in [3.63, 3.8) is 0 Å². The van der Waals surface area contributed by atoms with E-state index in [2.05, 4.69) is 5.32 Å². The SMILES string of the molecule is CCNC(=O)[C]1CCC1. The van der Waals surface area contributed by atoms with E-state index in [4.69, 9.17) is 0 Å². The minimum atomic E-state index is 0.170. The van der Waals surface area contributed by atoms with E-state index in [1.165, 1.54) is 6.42 Å². The highest BCUT2D eigenvalue weighted by atomic mass is 16.1. The Morgan fingerprint density at radius 3 is 2.67 bits per heavy atom.